The maximum absolute atomic E-state index is 10.8. The summed E-state index contributed by atoms with van der Waals surface area (Å²) in [6, 6.07) is 10.3. The van der Waals surface area contributed by atoms with Gasteiger partial charge in [-0.15, -0.1) is 0 Å². The van der Waals surface area contributed by atoms with E-state index in [1.165, 1.54) is 5.56 Å². The van der Waals surface area contributed by atoms with Crippen LogP contribution in [0.1, 0.15) is 25.0 Å². The van der Waals surface area contributed by atoms with Crippen molar-refractivity contribution in [1.29, 1.82) is 0 Å². The molecular formula is C22H34N6O2. The number of aliphatic hydroxyl groups is 1. The zero-order chi connectivity index (χ0) is 21.2. The number of guanidine groups is 1. The molecule has 3 rings (SSSR count). The van der Waals surface area contributed by atoms with Crippen LogP contribution >= 0.6 is 0 Å². The highest BCUT2D eigenvalue weighted by atomic mass is 16.5. The van der Waals surface area contributed by atoms with Crippen LogP contribution in [0.25, 0.3) is 0 Å². The van der Waals surface area contributed by atoms with E-state index >= 15 is 0 Å². The Morgan fingerprint density at radius 3 is 2.77 bits per heavy atom. The van der Waals surface area contributed by atoms with Gasteiger partial charge in [-0.05, 0) is 31.0 Å². The molecule has 8 nitrogen and oxygen atoms in total. The normalized spacial score (nSPS) is 17.5. The number of nitrogens with one attached hydrogen (secondary N) is 2. The van der Waals surface area contributed by atoms with Crippen molar-refractivity contribution < 1.29 is 9.84 Å². The van der Waals surface area contributed by atoms with Gasteiger partial charge in [0.15, 0.2) is 5.96 Å². The highest BCUT2D eigenvalue weighted by Crippen LogP contribution is 2.09. The van der Waals surface area contributed by atoms with Crippen LogP contribution in [0.5, 0.6) is 0 Å². The number of rotatable bonds is 9. The van der Waals surface area contributed by atoms with E-state index < -0.39 is 5.60 Å². The van der Waals surface area contributed by atoms with E-state index in [1.54, 1.807) is 6.20 Å². The molecule has 0 bridgehead atoms. The minimum Gasteiger partial charge on any atom is -0.387 e. The molecule has 1 saturated heterocycles. The van der Waals surface area contributed by atoms with Gasteiger partial charge in [0.25, 0.3) is 0 Å². The minimum absolute atomic E-state index is 0.426. The fourth-order valence-electron chi connectivity index (χ4n) is 3.49. The molecule has 30 heavy (non-hydrogen) atoms. The van der Waals surface area contributed by atoms with Gasteiger partial charge in [-0.1, -0.05) is 24.3 Å². The molecule has 0 aliphatic carbocycles. The number of nitrogens with zero attached hydrogens (tertiary/aromatic N) is 4. The third-order valence-corrected chi connectivity index (χ3v) is 4.96. The SMILES string of the molecule is CCNC(=NCc1cccc(Cn2cccn2)c1)NCC(C)(O)CN1CCOCC1. The molecule has 8 heteroatoms. The number of morpholine rings is 1. The summed E-state index contributed by atoms with van der Waals surface area (Å²) in [5.74, 6) is 0.706. The van der Waals surface area contributed by atoms with Crippen LogP contribution in [-0.4, -0.2) is 77.3 Å². The van der Waals surface area contributed by atoms with Crippen molar-refractivity contribution in [2.24, 2.45) is 4.99 Å². The average molecular weight is 415 g/mol. The molecule has 164 valence electrons. The number of aromatic nitrogens is 2. The average Bonchev–Trinajstić information content (AvgIpc) is 3.24. The number of benzene rings is 1. The predicted octanol–water partition coefficient (Wildman–Crippen LogP) is 1.07. The molecule has 1 aliphatic heterocycles. The zero-order valence-electron chi connectivity index (χ0n) is 18.0. The van der Waals surface area contributed by atoms with E-state index in [9.17, 15) is 5.11 Å². The third kappa shape index (κ3) is 7.44. The molecule has 1 aliphatic rings. The second-order valence-electron chi connectivity index (χ2n) is 7.96. The Hall–Kier alpha value is -2.42. The van der Waals surface area contributed by atoms with Crippen LogP contribution in [-0.2, 0) is 17.8 Å². The number of hydrogen-bond donors (Lipinski definition) is 3. The first kappa shape index (κ1) is 22.3. The lowest BCUT2D eigenvalue weighted by Crippen LogP contribution is -2.52. The first-order valence-corrected chi connectivity index (χ1v) is 10.6. The summed E-state index contributed by atoms with van der Waals surface area (Å²) in [4.78, 5) is 6.94. The Labute approximate surface area is 178 Å². The molecule has 1 aromatic heterocycles. The maximum Gasteiger partial charge on any atom is 0.191 e. The van der Waals surface area contributed by atoms with Crippen LogP contribution in [0.4, 0.5) is 0 Å². The molecule has 0 amide bonds. The molecular weight excluding hydrogens is 380 g/mol. The van der Waals surface area contributed by atoms with Gasteiger partial charge in [0.2, 0.25) is 0 Å². The Kier molecular flexibility index (Phi) is 8.24. The molecule has 1 aromatic carbocycles. The molecule has 1 atom stereocenters. The smallest absolute Gasteiger partial charge is 0.191 e. The summed E-state index contributed by atoms with van der Waals surface area (Å²) in [6.07, 6.45) is 3.75. The number of aliphatic imine (C=N–C) groups is 1. The maximum atomic E-state index is 10.8. The van der Waals surface area contributed by atoms with Gasteiger partial charge in [0.05, 0.1) is 31.9 Å². The van der Waals surface area contributed by atoms with Crippen molar-refractivity contribution >= 4 is 5.96 Å². The summed E-state index contributed by atoms with van der Waals surface area (Å²) >= 11 is 0. The van der Waals surface area contributed by atoms with Gasteiger partial charge in [0.1, 0.15) is 0 Å². The predicted molar refractivity (Wildman–Crippen MR) is 118 cm³/mol. The van der Waals surface area contributed by atoms with Gasteiger partial charge in [-0.25, -0.2) is 4.99 Å². The summed E-state index contributed by atoms with van der Waals surface area (Å²) in [5.41, 5.74) is 1.48. The second kappa shape index (κ2) is 11.1. The first-order valence-electron chi connectivity index (χ1n) is 10.6. The topological polar surface area (TPSA) is 86.9 Å². The highest BCUT2D eigenvalue weighted by molar-refractivity contribution is 5.79. The molecule has 2 heterocycles. The van der Waals surface area contributed by atoms with E-state index in [0.717, 1.165) is 45.0 Å². The van der Waals surface area contributed by atoms with Crippen LogP contribution in [0.15, 0.2) is 47.7 Å². The van der Waals surface area contributed by atoms with Gasteiger partial charge >= 0.3 is 0 Å². The molecule has 0 spiro atoms. The lowest BCUT2D eigenvalue weighted by atomic mass is 10.1. The summed E-state index contributed by atoms with van der Waals surface area (Å²) in [5, 5.41) is 21.6. The van der Waals surface area contributed by atoms with Gasteiger partial charge in [-0.3, -0.25) is 9.58 Å². The highest BCUT2D eigenvalue weighted by Gasteiger charge is 2.25. The van der Waals surface area contributed by atoms with Crippen molar-refractivity contribution in [2.45, 2.75) is 32.5 Å². The fraction of sp³-hybridized carbons (Fsp3) is 0.545. The van der Waals surface area contributed by atoms with Crippen LogP contribution in [0.2, 0.25) is 0 Å². The zero-order valence-corrected chi connectivity index (χ0v) is 18.0. The molecule has 1 unspecified atom stereocenters. The lowest BCUT2D eigenvalue weighted by Gasteiger charge is -2.34. The van der Waals surface area contributed by atoms with Crippen molar-refractivity contribution in [3.63, 3.8) is 0 Å². The van der Waals surface area contributed by atoms with Crippen molar-refractivity contribution in [3.05, 3.63) is 53.9 Å². The molecule has 0 radical (unpaired) electrons. The fourth-order valence-corrected chi connectivity index (χ4v) is 3.49. The Morgan fingerprint density at radius 1 is 1.23 bits per heavy atom. The Balaban J connectivity index is 1.54. The van der Waals surface area contributed by atoms with Gasteiger partial charge < -0.3 is 20.5 Å². The largest absolute Gasteiger partial charge is 0.387 e. The van der Waals surface area contributed by atoms with Crippen LogP contribution in [0, 0.1) is 0 Å². The van der Waals surface area contributed by atoms with Gasteiger partial charge in [0, 0.05) is 45.1 Å². The van der Waals surface area contributed by atoms with E-state index in [-0.39, 0.29) is 0 Å². The second-order valence-corrected chi connectivity index (χ2v) is 7.96. The van der Waals surface area contributed by atoms with E-state index in [2.05, 4.69) is 44.9 Å². The van der Waals surface area contributed by atoms with Crippen molar-refractivity contribution in [3.8, 4) is 0 Å². The summed E-state index contributed by atoms with van der Waals surface area (Å²) < 4.78 is 7.29. The standard InChI is InChI=1S/C22H34N6O2/c1-3-23-21(25-17-22(2,29)18-27-10-12-30-13-11-27)24-15-19-6-4-7-20(14-19)16-28-9-5-8-26-28/h4-9,14,29H,3,10-13,15-18H2,1-2H3,(H2,23,24,25). The van der Waals surface area contributed by atoms with Crippen molar-refractivity contribution in [1.82, 2.24) is 25.3 Å². The third-order valence-electron chi connectivity index (χ3n) is 4.96. The molecule has 2 aromatic rings. The Bertz CT molecular complexity index is 785. The number of β-amino-alcohol motifs (C(OH)–C–C–N with tert-alkyl or cyclic N) is 1. The summed E-state index contributed by atoms with van der Waals surface area (Å²) in [7, 11) is 0. The molecule has 3 N–H and O–H groups in total. The van der Waals surface area contributed by atoms with E-state index in [1.807, 2.05) is 30.8 Å². The van der Waals surface area contributed by atoms with E-state index in [0.29, 0.717) is 25.6 Å². The van der Waals surface area contributed by atoms with Crippen molar-refractivity contribution in [2.75, 3.05) is 45.9 Å². The first-order chi connectivity index (χ1) is 14.5. The number of ether oxygens (including phenoxy) is 1. The van der Waals surface area contributed by atoms with E-state index in [4.69, 9.17) is 9.73 Å². The quantitative estimate of drug-likeness (QED) is 0.420. The Morgan fingerprint density at radius 2 is 2.03 bits per heavy atom. The minimum atomic E-state index is -0.850. The van der Waals surface area contributed by atoms with Gasteiger partial charge in [-0.2, -0.15) is 5.10 Å². The number of hydrogen-bond acceptors (Lipinski definition) is 5. The lowest BCUT2D eigenvalue weighted by molar-refractivity contribution is -0.0201. The molecule has 1 fully saturated rings. The monoisotopic (exact) mass is 414 g/mol. The molecule has 0 saturated carbocycles. The van der Waals surface area contributed by atoms with Crippen LogP contribution < -0.4 is 10.6 Å². The van der Waals surface area contributed by atoms with Crippen LogP contribution in [0.3, 0.4) is 0 Å². The summed E-state index contributed by atoms with van der Waals surface area (Å²) in [6.45, 7) is 10.2.